The van der Waals surface area contributed by atoms with Gasteiger partial charge in [-0.2, -0.15) is 0 Å². The summed E-state index contributed by atoms with van der Waals surface area (Å²) in [5.41, 5.74) is 6.44. The van der Waals surface area contributed by atoms with Crippen LogP contribution in [0.15, 0.2) is 36.9 Å². The van der Waals surface area contributed by atoms with E-state index in [1.165, 1.54) is 18.6 Å². The number of hydrogen-bond acceptors (Lipinski definition) is 6. The van der Waals surface area contributed by atoms with Gasteiger partial charge < -0.3 is 11.1 Å². The fourth-order valence-electron chi connectivity index (χ4n) is 1.80. The molecular weight excluding hydrogens is 290 g/mol. The Balaban J connectivity index is 2.05. The Morgan fingerprint density at radius 1 is 1.19 bits per heavy atom. The third-order valence-electron chi connectivity index (χ3n) is 2.71. The second-order valence-electron chi connectivity index (χ2n) is 4.08. The number of aromatic nitrogens is 3. The molecule has 7 nitrogen and oxygen atoms in total. The van der Waals surface area contributed by atoms with Crippen LogP contribution in [0.25, 0.3) is 10.3 Å². The van der Waals surface area contributed by atoms with Gasteiger partial charge in [-0.15, -0.1) is 11.3 Å². The van der Waals surface area contributed by atoms with E-state index in [0.29, 0.717) is 15.9 Å². The number of hydrogen-bond donors (Lipinski definition) is 2. The smallest absolute Gasteiger partial charge is 0.261 e. The molecule has 0 saturated carbocycles. The number of nitrogens with two attached hydrogens (primary N) is 1. The Bertz CT molecular complexity index is 831. The number of carbonyl (C=O) groups is 2. The maximum Gasteiger partial charge on any atom is 0.261 e. The first-order valence-electron chi connectivity index (χ1n) is 5.91. The highest BCUT2D eigenvalue weighted by molar-refractivity contribution is 7.21. The third-order valence-corrected chi connectivity index (χ3v) is 3.81. The monoisotopic (exact) mass is 299 g/mol. The second-order valence-corrected chi connectivity index (χ2v) is 5.08. The van der Waals surface area contributed by atoms with Crippen LogP contribution in [0, 0.1) is 0 Å². The van der Waals surface area contributed by atoms with Crippen molar-refractivity contribution in [3.63, 3.8) is 0 Å². The highest BCUT2D eigenvalue weighted by Crippen LogP contribution is 2.32. The molecule has 21 heavy (non-hydrogen) atoms. The predicted molar refractivity (Wildman–Crippen MR) is 78.1 cm³/mol. The number of primary amides is 1. The van der Waals surface area contributed by atoms with E-state index in [4.69, 9.17) is 5.73 Å². The Hall–Kier alpha value is -2.87. The standard InChI is InChI=1S/C13H9N5O2S/c14-11(19)10-8(9-13(21-10)17-5-4-16-9)18-12(20)7-2-1-3-15-6-7/h1-6H,(H2,14,19)(H,18,20). The Morgan fingerprint density at radius 2 is 2.00 bits per heavy atom. The molecule has 0 saturated heterocycles. The fraction of sp³-hybridized carbons (Fsp3) is 0. The molecule has 0 unspecified atom stereocenters. The van der Waals surface area contributed by atoms with E-state index in [1.54, 1.807) is 18.3 Å². The maximum atomic E-state index is 12.2. The van der Waals surface area contributed by atoms with Crippen molar-refractivity contribution in [2.75, 3.05) is 5.32 Å². The molecule has 0 aliphatic rings. The predicted octanol–water partition coefficient (Wildman–Crippen LogP) is 1.44. The molecule has 2 amide bonds. The molecule has 104 valence electrons. The Kier molecular flexibility index (Phi) is 3.28. The summed E-state index contributed by atoms with van der Waals surface area (Å²) in [6, 6.07) is 3.27. The first kappa shape index (κ1) is 13.1. The van der Waals surface area contributed by atoms with Crippen LogP contribution >= 0.6 is 11.3 Å². The van der Waals surface area contributed by atoms with Gasteiger partial charge in [0.15, 0.2) is 0 Å². The molecule has 0 atom stereocenters. The Labute approximate surface area is 122 Å². The number of nitrogens with zero attached hydrogens (tertiary/aromatic N) is 3. The van der Waals surface area contributed by atoms with Crippen LogP contribution in [0.2, 0.25) is 0 Å². The van der Waals surface area contributed by atoms with Gasteiger partial charge in [0.1, 0.15) is 15.2 Å². The van der Waals surface area contributed by atoms with Crippen LogP contribution in [0.5, 0.6) is 0 Å². The average Bonchev–Trinajstić information content (AvgIpc) is 2.87. The zero-order valence-corrected chi connectivity index (χ0v) is 11.4. The molecule has 0 fully saturated rings. The number of anilines is 1. The molecule has 0 bridgehead atoms. The van der Waals surface area contributed by atoms with Crippen molar-refractivity contribution in [1.82, 2.24) is 15.0 Å². The molecule has 3 aromatic heterocycles. The van der Waals surface area contributed by atoms with E-state index in [0.717, 1.165) is 11.3 Å². The maximum absolute atomic E-state index is 12.2. The first-order valence-corrected chi connectivity index (χ1v) is 6.73. The van der Waals surface area contributed by atoms with Gasteiger partial charge in [0.25, 0.3) is 11.8 Å². The minimum atomic E-state index is -0.638. The van der Waals surface area contributed by atoms with Crippen LogP contribution in [-0.4, -0.2) is 26.8 Å². The fourth-order valence-corrected chi connectivity index (χ4v) is 2.71. The number of rotatable bonds is 3. The molecule has 0 aliphatic carbocycles. The van der Waals surface area contributed by atoms with Crippen molar-refractivity contribution in [1.29, 1.82) is 0 Å². The molecule has 0 spiro atoms. The quantitative estimate of drug-likeness (QED) is 0.760. The van der Waals surface area contributed by atoms with Crippen LogP contribution in [0.1, 0.15) is 20.0 Å². The molecule has 3 N–H and O–H groups in total. The van der Waals surface area contributed by atoms with Gasteiger partial charge in [0.05, 0.1) is 11.3 Å². The minimum absolute atomic E-state index is 0.216. The van der Waals surface area contributed by atoms with Gasteiger partial charge >= 0.3 is 0 Å². The van der Waals surface area contributed by atoms with Crippen molar-refractivity contribution in [3.8, 4) is 0 Å². The van der Waals surface area contributed by atoms with Gasteiger partial charge in [0, 0.05) is 24.8 Å². The lowest BCUT2D eigenvalue weighted by molar-refractivity contribution is 0.100. The molecule has 0 radical (unpaired) electrons. The molecule has 0 aliphatic heterocycles. The SMILES string of the molecule is NC(=O)c1sc2nccnc2c1NC(=O)c1cccnc1. The summed E-state index contributed by atoms with van der Waals surface area (Å²) < 4.78 is 0. The number of carbonyl (C=O) groups excluding carboxylic acids is 2. The van der Waals surface area contributed by atoms with Crippen molar-refractivity contribution in [2.24, 2.45) is 5.73 Å². The van der Waals surface area contributed by atoms with Gasteiger partial charge in [-0.25, -0.2) is 9.97 Å². The molecular formula is C13H9N5O2S. The third kappa shape index (κ3) is 2.43. The van der Waals surface area contributed by atoms with E-state index in [-0.39, 0.29) is 10.6 Å². The molecule has 3 heterocycles. The van der Waals surface area contributed by atoms with E-state index >= 15 is 0 Å². The summed E-state index contributed by atoms with van der Waals surface area (Å²) in [4.78, 5) is 36.6. The van der Waals surface area contributed by atoms with Crippen molar-refractivity contribution >= 4 is 39.2 Å². The van der Waals surface area contributed by atoms with Gasteiger partial charge in [0.2, 0.25) is 0 Å². The topological polar surface area (TPSA) is 111 Å². The lowest BCUT2D eigenvalue weighted by Gasteiger charge is -2.04. The zero-order chi connectivity index (χ0) is 14.8. The van der Waals surface area contributed by atoms with Crippen LogP contribution < -0.4 is 11.1 Å². The number of amides is 2. The van der Waals surface area contributed by atoms with E-state index in [9.17, 15) is 9.59 Å². The lowest BCUT2D eigenvalue weighted by atomic mass is 10.2. The van der Waals surface area contributed by atoms with Gasteiger partial charge in [-0.05, 0) is 12.1 Å². The lowest BCUT2D eigenvalue weighted by Crippen LogP contribution is -2.16. The van der Waals surface area contributed by atoms with Crippen LogP contribution in [-0.2, 0) is 0 Å². The normalized spacial score (nSPS) is 10.5. The zero-order valence-electron chi connectivity index (χ0n) is 10.6. The number of nitrogens with one attached hydrogen (secondary N) is 1. The Morgan fingerprint density at radius 3 is 2.71 bits per heavy atom. The van der Waals surface area contributed by atoms with E-state index in [2.05, 4.69) is 20.3 Å². The largest absolute Gasteiger partial charge is 0.365 e. The molecule has 3 rings (SSSR count). The minimum Gasteiger partial charge on any atom is -0.365 e. The molecule has 0 aromatic carbocycles. The summed E-state index contributed by atoms with van der Waals surface area (Å²) in [5, 5.41) is 2.66. The summed E-state index contributed by atoms with van der Waals surface area (Å²) >= 11 is 1.09. The highest BCUT2D eigenvalue weighted by atomic mass is 32.1. The van der Waals surface area contributed by atoms with Crippen LogP contribution in [0.3, 0.4) is 0 Å². The molecule has 8 heteroatoms. The van der Waals surface area contributed by atoms with Crippen molar-refractivity contribution in [2.45, 2.75) is 0 Å². The summed E-state index contributed by atoms with van der Waals surface area (Å²) in [6.45, 7) is 0. The number of thiophene rings is 1. The first-order chi connectivity index (χ1) is 10.2. The van der Waals surface area contributed by atoms with Crippen LogP contribution in [0.4, 0.5) is 5.69 Å². The summed E-state index contributed by atoms with van der Waals surface area (Å²) in [7, 11) is 0. The van der Waals surface area contributed by atoms with E-state index < -0.39 is 11.8 Å². The highest BCUT2D eigenvalue weighted by Gasteiger charge is 2.20. The molecule has 3 aromatic rings. The summed E-state index contributed by atoms with van der Waals surface area (Å²) in [6.07, 6.45) is 5.99. The van der Waals surface area contributed by atoms with Crippen molar-refractivity contribution < 1.29 is 9.59 Å². The number of fused-ring (bicyclic) bond motifs is 1. The average molecular weight is 299 g/mol. The van der Waals surface area contributed by atoms with Gasteiger partial charge in [-0.1, -0.05) is 0 Å². The second kappa shape index (κ2) is 5.25. The summed E-state index contributed by atoms with van der Waals surface area (Å²) in [5.74, 6) is -1.03. The number of pyridine rings is 1. The van der Waals surface area contributed by atoms with Crippen molar-refractivity contribution in [3.05, 3.63) is 47.4 Å². The van der Waals surface area contributed by atoms with E-state index in [1.807, 2.05) is 0 Å². The van der Waals surface area contributed by atoms with Gasteiger partial charge in [-0.3, -0.25) is 14.6 Å².